The zero-order chi connectivity index (χ0) is 22.2. The lowest BCUT2D eigenvalue weighted by Gasteiger charge is -2.12. The second kappa shape index (κ2) is 6.49. The molecule has 0 aliphatic rings. The van der Waals surface area contributed by atoms with Gasteiger partial charge in [-0.3, -0.25) is 0 Å². The quantitative estimate of drug-likeness (QED) is 0.259. The largest absolute Gasteiger partial charge is 0.354 e. The van der Waals surface area contributed by atoms with Gasteiger partial charge in [0.25, 0.3) is 0 Å². The van der Waals surface area contributed by atoms with Crippen LogP contribution in [0, 0.1) is 0 Å². The molecule has 34 heavy (non-hydrogen) atoms. The number of fused-ring (bicyclic) bond motifs is 10. The Morgan fingerprint density at radius 1 is 0.353 bits per heavy atom. The number of hydrogen-bond acceptors (Lipinski definition) is 0. The summed E-state index contributed by atoms with van der Waals surface area (Å²) in [5.41, 5.74) is 7.27. The number of H-pyrrole nitrogens is 2. The van der Waals surface area contributed by atoms with E-state index in [1.807, 2.05) is 0 Å². The van der Waals surface area contributed by atoms with E-state index in [-0.39, 0.29) is 0 Å². The first kappa shape index (κ1) is 17.9. The number of benzene rings is 6. The molecule has 2 N–H and O–H groups in total. The predicted molar refractivity (Wildman–Crippen MR) is 146 cm³/mol. The van der Waals surface area contributed by atoms with Crippen LogP contribution >= 0.6 is 0 Å². The van der Waals surface area contributed by atoms with Crippen molar-refractivity contribution < 1.29 is 0 Å². The summed E-state index contributed by atoms with van der Waals surface area (Å²) in [6.07, 6.45) is 0. The van der Waals surface area contributed by atoms with Gasteiger partial charge < -0.3 is 9.97 Å². The van der Waals surface area contributed by atoms with Crippen molar-refractivity contribution in [1.82, 2.24) is 9.97 Å². The Morgan fingerprint density at radius 3 is 1.32 bits per heavy atom. The molecule has 0 saturated carbocycles. The lowest BCUT2D eigenvalue weighted by Crippen LogP contribution is -1.87. The smallest absolute Gasteiger partial charge is 0.0550 e. The van der Waals surface area contributed by atoms with Crippen molar-refractivity contribution >= 4 is 65.2 Å². The van der Waals surface area contributed by atoms with Crippen molar-refractivity contribution in [3.63, 3.8) is 0 Å². The Balaban J connectivity index is 1.57. The summed E-state index contributed by atoms with van der Waals surface area (Å²) in [5.74, 6) is 0. The van der Waals surface area contributed by atoms with Crippen LogP contribution in [-0.4, -0.2) is 9.97 Å². The fourth-order valence-corrected chi connectivity index (χ4v) is 5.84. The van der Waals surface area contributed by atoms with Crippen LogP contribution in [0.15, 0.2) is 109 Å². The molecule has 158 valence electrons. The Morgan fingerprint density at radius 2 is 0.824 bits per heavy atom. The first-order chi connectivity index (χ1) is 16.9. The molecule has 0 saturated heterocycles. The van der Waals surface area contributed by atoms with E-state index in [0.717, 1.165) is 0 Å². The normalized spacial score (nSPS) is 12.1. The fourth-order valence-electron chi connectivity index (χ4n) is 5.84. The third-order valence-corrected chi connectivity index (χ3v) is 7.34. The van der Waals surface area contributed by atoms with Crippen LogP contribution in [0.5, 0.6) is 0 Å². The van der Waals surface area contributed by atoms with Crippen LogP contribution < -0.4 is 0 Å². The molecular weight excluding hydrogens is 412 g/mol. The standard InChI is InChI=1S/C32H20N2/c1-3-13-27-21(9-1)25-17-15-19-7-5-11-23(29(19)31(25)33-27)24-12-6-8-20-16-18-26-22-10-2-4-14-28(22)34-32(26)30(20)24/h1-18,33-34H. The minimum atomic E-state index is 1.18. The van der Waals surface area contributed by atoms with Gasteiger partial charge in [0.15, 0.2) is 0 Å². The summed E-state index contributed by atoms with van der Waals surface area (Å²) < 4.78 is 0. The summed E-state index contributed by atoms with van der Waals surface area (Å²) in [7, 11) is 0. The molecule has 2 nitrogen and oxygen atoms in total. The topological polar surface area (TPSA) is 31.6 Å². The van der Waals surface area contributed by atoms with Gasteiger partial charge >= 0.3 is 0 Å². The lowest BCUT2D eigenvalue weighted by atomic mass is 9.92. The van der Waals surface area contributed by atoms with Crippen molar-refractivity contribution in [2.75, 3.05) is 0 Å². The molecule has 8 aromatic rings. The molecular formula is C32H20N2. The van der Waals surface area contributed by atoms with Crippen LogP contribution in [0.1, 0.15) is 0 Å². The number of aromatic nitrogens is 2. The number of hydrogen-bond donors (Lipinski definition) is 2. The van der Waals surface area contributed by atoms with Crippen LogP contribution in [-0.2, 0) is 0 Å². The maximum atomic E-state index is 3.73. The first-order valence-corrected chi connectivity index (χ1v) is 11.7. The Labute approximate surface area is 195 Å². The van der Waals surface area contributed by atoms with Gasteiger partial charge in [-0.15, -0.1) is 0 Å². The van der Waals surface area contributed by atoms with E-state index in [1.165, 1.54) is 76.3 Å². The van der Waals surface area contributed by atoms with Crippen LogP contribution in [0.25, 0.3) is 76.3 Å². The average molecular weight is 433 g/mol. The van der Waals surface area contributed by atoms with E-state index in [1.54, 1.807) is 0 Å². The maximum absolute atomic E-state index is 3.73. The summed E-state index contributed by atoms with van der Waals surface area (Å²) >= 11 is 0. The molecule has 0 fully saturated rings. The van der Waals surface area contributed by atoms with Crippen LogP contribution in [0.2, 0.25) is 0 Å². The van der Waals surface area contributed by atoms with E-state index in [4.69, 9.17) is 0 Å². The molecule has 2 heteroatoms. The molecule has 0 bridgehead atoms. The summed E-state index contributed by atoms with van der Waals surface area (Å²) in [5, 5.41) is 10.1. The van der Waals surface area contributed by atoms with Crippen LogP contribution in [0.3, 0.4) is 0 Å². The molecule has 0 radical (unpaired) electrons. The lowest BCUT2D eigenvalue weighted by molar-refractivity contribution is 1.55. The number of para-hydroxylation sites is 2. The minimum absolute atomic E-state index is 1.18. The summed E-state index contributed by atoms with van der Waals surface area (Å²) in [4.78, 5) is 7.46. The molecule has 2 aromatic heterocycles. The molecule has 0 unspecified atom stereocenters. The third-order valence-electron chi connectivity index (χ3n) is 7.34. The van der Waals surface area contributed by atoms with Gasteiger partial charge in [0.05, 0.1) is 11.0 Å². The van der Waals surface area contributed by atoms with Gasteiger partial charge in [-0.1, -0.05) is 97.1 Å². The molecule has 0 atom stereocenters. The Hall–Kier alpha value is -4.56. The van der Waals surface area contributed by atoms with Gasteiger partial charge in [0, 0.05) is 43.4 Å². The Kier molecular flexibility index (Phi) is 3.42. The molecule has 0 spiro atoms. The van der Waals surface area contributed by atoms with Crippen molar-refractivity contribution in [2.24, 2.45) is 0 Å². The van der Waals surface area contributed by atoms with Gasteiger partial charge in [0.2, 0.25) is 0 Å². The summed E-state index contributed by atoms with van der Waals surface area (Å²) in [6.45, 7) is 0. The predicted octanol–water partition coefficient (Wildman–Crippen LogP) is 8.93. The zero-order valence-electron chi connectivity index (χ0n) is 18.4. The van der Waals surface area contributed by atoms with E-state index >= 15 is 0 Å². The molecule has 0 amide bonds. The molecule has 2 heterocycles. The van der Waals surface area contributed by atoms with E-state index in [9.17, 15) is 0 Å². The minimum Gasteiger partial charge on any atom is -0.354 e. The highest BCUT2D eigenvalue weighted by Gasteiger charge is 2.16. The first-order valence-electron chi connectivity index (χ1n) is 11.7. The average Bonchev–Trinajstić information content (AvgIpc) is 3.46. The SMILES string of the molecule is c1cc(-c2cccc3ccc4c5ccccc5[nH]c4c23)c2c(c1)ccc1c3ccccc3[nH]c12. The number of rotatable bonds is 1. The van der Waals surface area contributed by atoms with E-state index in [0.29, 0.717) is 0 Å². The van der Waals surface area contributed by atoms with Crippen molar-refractivity contribution in [3.05, 3.63) is 109 Å². The third kappa shape index (κ3) is 2.29. The molecule has 6 aromatic carbocycles. The molecule has 0 aliphatic heterocycles. The highest BCUT2D eigenvalue weighted by atomic mass is 14.7. The maximum Gasteiger partial charge on any atom is 0.0550 e. The number of aromatic amines is 2. The summed E-state index contributed by atoms with van der Waals surface area (Å²) in [6, 6.07) is 39.5. The zero-order valence-corrected chi connectivity index (χ0v) is 18.4. The number of nitrogens with one attached hydrogen (secondary N) is 2. The monoisotopic (exact) mass is 432 g/mol. The fraction of sp³-hybridized carbons (Fsp3) is 0. The van der Waals surface area contributed by atoms with Crippen molar-refractivity contribution in [3.8, 4) is 11.1 Å². The highest BCUT2D eigenvalue weighted by Crippen LogP contribution is 2.42. The van der Waals surface area contributed by atoms with Crippen LogP contribution in [0.4, 0.5) is 0 Å². The highest BCUT2D eigenvalue weighted by molar-refractivity contribution is 6.25. The Bertz CT molecular complexity index is 1920. The van der Waals surface area contributed by atoms with E-state index < -0.39 is 0 Å². The van der Waals surface area contributed by atoms with Gasteiger partial charge in [0.1, 0.15) is 0 Å². The van der Waals surface area contributed by atoms with Gasteiger partial charge in [-0.25, -0.2) is 0 Å². The van der Waals surface area contributed by atoms with Gasteiger partial charge in [-0.05, 0) is 34.0 Å². The molecule has 0 aliphatic carbocycles. The second-order valence-electron chi connectivity index (χ2n) is 9.12. The second-order valence-corrected chi connectivity index (χ2v) is 9.12. The van der Waals surface area contributed by atoms with Gasteiger partial charge in [-0.2, -0.15) is 0 Å². The van der Waals surface area contributed by atoms with E-state index in [2.05, 4.69) is 119 Å². The van der Waals surface area contributed by atoms with Crippen molar-refractivity contribution in [2.45, 2.75) is 0 Å². The van der Waals surface area contributed by atoms with Crippen molar-refractivity contribution in [1.29, 1.82) is 0 Å². The molecule has 8 rings (SSSR count).